The van der Waals surface area contributed by atoms with Crippen molar-refractivity contribution in [2.75, 3.05) is 7.05 Å². The smallest absolute Gasteiger partial charge is 0.191 e. The lowest BCUT2D eigenvalue weighted by Crippen LogP contribution is -2.43. The predicted molar refractivity (Wildman–Crippen MR) is 98.5 cm³/mol. The summed E-state index contributed by atoms with van der Waals surface area (Å²) in [5, 5.41) is 6.74. The molecule has 0 aliphatic heterocycles. The fourth-order valence-electron chi connectivity index (χ4n) is 3.31. The lowest BCUT2D eigenvalue weighted by Gasteiger charge is -2.25. The number of nitrogens with one attached hydrogen (secondary N) is 2. The molecule has 0 spiro atoms. The van der Waals surface area contributed by atoms with Crippen LogP contribution in [0, 0.1) is 12.7 Å². The molecule has 0 unspecified atom stereocenters. The summed E-state index contributed by atoms with van der Waals surface area (Å²) in [6.45, 7) is 2.39. The number of rotatable bonds is 4. The second kappa shape index (κ2) is 8.14. The zero-order chi connectivity index (χ0) is 17.6. The molecule has 6 heteroatoms. The first kappa shape index (κ1) is 17.5. The van der Waals surface area contributed by atoms with Gasteiger partial charge in [0.1, 0.15) is 11.6 Å². The Kier molecular flexibility index (Phi) is 5.68. The molecule has 0 radical (unpaired) electrons. The van der Waals surface area contributed by atoms with E-state index in [2.05, 4.69) is 20.6 Å². The molecule has 1 saturated carbocycles. The van der Waals surface area contributed by atoms with Gasteiger partial charge in [0.05, 0.1) is 5.69 Å². The van der Waals surface area contributed by atoms with Gasteiger partial charge < -0.3 is 15.2 Å². The Bertz CT molecular complexity index is 731. The first-order valence-electron chi connectivity index (χ1n) is 8.93. The van der Waals surface area contributed by atoms with Gasteiger partial charge in [-0.05, 0) is 37.5 Å². The molecule has 5 nitrogen and oxygen atoms in total. The summed E-state index contributed by atoms with van der Waals surface area (Å²) < 4.78 is 16.2. The van der Waals surface area contributed by atoms with E-state index in [1.807, 2.05) is 13.0 Å². The van der Waals surface area contributed by atoms with Crippen molar-refractivity contribution >= 4 is 5.96 Å². The molecule has 3 rings (SSSR count). The zero-order valence-electron chi connectivity index (χ0n) is 14.9. The standard InChI is InChI=1S/C19H26FN5/c1-14-22-10-11-25(14)18-9-8-15(12-17(18)20)13-23-19(21-2)24-16-6-4-3-5-7-16/h8-12,16H,3-7,13H2,1-2H3,(H2,21,23,24). The average Bonchev–Trinajstić information content (AvgIpc) is 3.05. The van der Waals surface area contributed by atoms with Crippen LogP contribution >= 0.6 is 0 Å². The number of hydrogen-bond donors (Lipinski definition) is 2. The van der Waals surface area contributed by atoms with Gasteiger partial charge in [-0.1, -0.05) is 25.3 Å². The van der Waals surface area contributed by atoms with Crippen molar-refractivity contribution in [1.29, 1.82) is 0 Å². The number of halogens is 1. The molecule has 1 aliphatic rings. The molecule has 0 atom stereocenters. The summed E-state index contributed by atoms with van der Waals surface area (Å²) in [6, 6.07) is 5.77. The molecular weight excluding hydrogens is 317 g/mol. The van der Waals surface area contributed by atoms with Crippen molar-refractivity contribution in [3.05, 3.63) is 47.8 Å². The minimum Gasteiger partial charge on any atom is -0.354 e. The Morgan fingerprint density at radius 1 is 1.32 bits per heavy atom. The van der Waals surface area contributed by atoms with Crippen molar-refractivity contribution in [3.8, 4) is 5.69 Å². The van der Waals surface area contributed by atoms with Gasteiger partial charge in [-0.3, -0.25) is 4.99 Å². The van der Waals surface area contributed by atoms with E-state index in [4.69, 9.17) is 0 Å². The van der Waals surface area contributed by atoms with E-state index in [1.165, 1.54) is 32.1 Å². The van der Waals surface area contributed by atoms with E-state index in [9.17, 15) is 4.39 Å². The molecule has 2 aromatic rings. The van der Waals surface area contributed by atoms with Gasteiger partial charge in [-0.2, -0.15) is 0 Å². The van der Waals surface area contributed by atoms with Crippen LogP contribution in [-0.2, 0) is 6.54 Å². The van der Waals surface area contributed by atoms with Crippen molar-refractivity contribution in [2.24, 2.45) is 4.99 Å². The molecule has 1 aliphatic carbocycles. The zero-order valence-corrected chi connectivity index (χ0v) is 14.9. The molecular formula is C19H26FN5. The highest BCUT2D eigenvalue weighted by molar-refractivity contribution is 5.79. The summed E-state index contributed by atoms with van der Waals surface area (Å²) in [6.07, 6.45) is 9.69. The largest absolute Gasteiger partial charge is 0.354 e. The van der Waals surface area contributed by atoms with Crippen LogP contribution in [0.3, 0.4) is 0 Å². The first-order chi connectivity index (χ1) is 12.2. The highest BCUT2D eigenvalue weighted by Crippen LogP contribution is 2.18. The highest BCUT2D eigenvalue weighted by atomic mass is 19.1. The maximum Gasteiger partial charge on any atom is 0.191 e. The quantitative estimate of drug-likeness (QED) is 0.661. The molecule has 0 bridgehead atoms. The van der Waals surface area contributed by atoms with Gasteiger partial charge in [0, 0.05) is 32.0 Å². The van der Waals surface area contributed by atoms with Crippen molar-refractivity contribution in [2.45, 2.75) is 51.6 Å². The van der Waals surface area contributed by atoms with E-state index in [0.29, 0.717) is 18.3 Å². The van der Waals surface area contributed by atoms with Gasteiger partial charge in [0.2, 0.25) is 0 Å². The lowest BCUT2D eigenvalue weighted by atomic mass is 9.96. The van der Waals surface area contributed by atoms with E-state index in [0.717, 1.165) is 17.3 Å². The Morgan fingerprint density at radius 2 is 2.12 bits per heavy atom. The number of nitrogens with zero attached hydrogens (tertiary/aromatic N) is 3. The topological polar surface area (TPSA) is 54.2 Å². The average molecular weight is 343 g/mol. The molecule has 0 amide bonds. The Hall–Kier alpha value is -2.37. The van der Waals surface area contributed by atoms with Gasteiger partial charge in [-0.25, -0.2) is 9.37 Å². The minimum absolute atomic E-state index is 0.254. The maximum atomic E-state index is 14.5. The number of guanidine groups is 1. The molecule has 0 saturated heterocycles. The molecule has 134 valence electrons. The summed E-state index contributed by atoms with van der Waals surface area (Å²) >= 11 is 0. The minimum atomic E-state index is -0.254. The van der Waals surface area contributed by atoms with Crippen LogP contribution in [0.2, 0.25) is 0 Å². The molecule has 2 N–H and O–H groups in total. The van der Waals surface area contributed by atoms with Crippen molar-refractivity contribution in [1.82, 2.24) is 20.2 Å². The number of hydrogen-bond acceptors (Lipinski definition) is 2. The molecule has 1 heterocycles. The second-order valence-corrected chi connectivity index (χ2v) is 6.54. The summed E-state index contributed by atoms with van der Waals surface area (Å²) in [4.78, 5) is 8.42. The lowest BCUT2D eigenvalue weighted by molar-refractivity contribution is 0.410. The van der Waals surface area contributed by atoms with E-state index < -0.39 is 0 Å². The monoisotopic (exact) mass is 343 g/mol. The van der Waals surface area contributed by atoms with Gasteiger partial charge >= 0.3 is 0 Å². The maximum absolute atomic E-state index is 14.5. The Balaban J connectivity index is 1.61. The third-order valence-electron chi connectivity index (χ3n) is 4.73. The third-order valence-corrected chi connectivity index (χ3v) is 4.73. The molecule has 1 aromatic heterocycles. The van der Waals surface area contributed by atoms with Gasteiger partial charge in [0.15, 0.2) is 5.96 Å². The van der Waals surface area contributed by atoms with Crippen LogP contribution in [-0.4, -0.2) is 28.6 Å². The third kappa shape index (κ3) is 4.38. The van der Waals surface area contributed by atoms with Crippen LogP contribution in [0.25, 0.3) is 5.69 Å². The fraction of sp³-hybridized carbons (Fsp3) is 0.474. The van der Waals surface area contributed by atoms with Crippen LogP contribution < -0.4 is 10.6 Å². The van der Waals surface area contributed by atoms with Crippen LogP contribution in [0.4, 0.5) is 4.39 Å². The highest BCUT2D eigenvalue weighted by Gasteiger charge is 2.14. The number of aryl methyl sites for hydroxylation is 1. The second-order valence-electron chi connectivity index (χ2n) is 6.54. The first-order valence-corrected chi connectivity index (χ1v) is 8.93. The normalized spacial score (nSPS) is 16.0. The van der Waals surface area contributed by atoms with E-state index in [-0.39, 0.29) is 5.82 Å². The SMILES string of the molecule is CN=C(NCc1ccc(-n2ccnc2C)c(F)c1)NC1CCCCC1. The Morgan fingerprint density at radius 3 is 2.76 bits per heavy atom. The number of benzene rings is 1. The fourth-order valence-corrected chi connectivity index (χ4v) is 3.31. The van der Waals surface area contributed by atoms with Crippen LogP contribution in [0.1, 0.15) is 43.5 Å². The summed E-state index contributed by atoms with van der Waals surface area (Å²) in [7, 11) is 1.77. The van der Waals surface area contributed by atoms with E-state index in [1.54, 1.807) is 36.1 Å². The number of aliphatic imine (C=N–C) groups is 1. The molecule has 1 aromatic carbocycles. The Labute approximate surface area is 148 Å². The van der Waals surface area contributed by atoms with Crippen LogP contribution in [0.15, 0.2) is 35.6 Å². The van der Waals surface area contributed by atoms with Gasteiger partial charge in [-0.15, -0.1) is 0 Å². The van der Waals surface area contributed by atoms with Crippen molar-refractivity contribution < 1.29 is 4.39 Å². The van der Waals surface area contributed by atoms with E-state index >= 15 is 0 Å². The van der Waals surface area contributed by atoms with Gasteiger partial charge in [0.25, 0.3) is 0 Å². The van der Waals surface area contributed by atoms with Crippen molar-refractivity contribution in [3.63, 3.8) is 0 Å². The predicted octanol–water partition coefficient (Wildman–Crippen LogP) is 3.32. The van der Waals surface area contributed by atoms with Crippen LogP contribution in [0.5, 0.6) is 0 Å². The number of imidazole rings is 1. The number of aromatic nitrogens is 2. The molecule has 25 heavy (non-hydrogen) atoms. The summed E-state index contributed by atoms with van der Waals surface area (Å²) in [5.74, 6) is 1.29. The molecule has 1 fully saturated rings. The summed E-state index contributed by atoms with van der Waals surface area (Å²) in [5.41, 5.74) is 1.40.